The molecular formula is C21H26N4O. The largest absolute Gasteiger partial charge is 0.379 e. The van der Waals surface area contributed by atoms with Gasteiger partial charge in [-0.3, -0.25) is 4.79 Å². The van der Waals surface area contributed by atoms with Gasteiger partial charge in [0.05, 0.1) is 17.5 Å². The van der Waals surface area contributed by atoms with Crippen LogP contribution in [0.3, 0.4) is 0 Å². The van der Waals surface area contributed by atoms with Crippen molar-refractivity contribution in [1.82, 2.24) is 14.5 Å². The molecule has 0 fully saturated rings. The molecule has 0 aliphatic carbocycles. The predicted molar refractivity (Wildman–Crippen MR) is 107 cm³/mol. The van der Waals surface area contributed by atoms with Crippen LogP contribution in [-0.2, 0) is 20.0 Å². The number of nitrogens with one attached hydrogen (secondary N) is 1. The van der Waals surface area contributed by atoms with Gasteiger partial charge in [0.25, 0.3) is 5.91 Å². The van der Waals surface area contributed by atoms with Gasteiger partial charge in [-0.05, 0) is 42.2 Å². The van der Waals surface area contributed by atoms with Crippen LogP contribution < -0.4 is 5.32 Å². The maximum absolute atomic E-state index is 12.5. The molecule has 26 heavy (non-hydrogen) atoms. The predicted octanol–water partition coefficient (Wildman–Crippen LogP) is 3.76. The van der Waals surface area contributed by atoms with E-state index >= 15 is 0 Å². The second-order valence-electron chi connectivity index (χ2n) is 6.87. The molecule has 0 spiro atoms. The Balaban J connectivity index is 2.01. The zero-order chi connectivity index (χ0) is 18.8. The summed E-state index contributed by atoms with van der Waals surface area (Å²) in [7, 11) is 5.48. The lowest BCUT2D eigenvalue weighted by Gasteiger charge is -2.16. The number of amides is 1. The Kier molecular flexibility index (Phi) is 4.98. The molecule has 0 radical (unpaired) electrons. The molecule has 0 unspecified atom stereocenters. The second kappa shape index (κ2) is 7.20. The van der Waals surface area contributed by atoms with Crippen molar-refractivity contribution in [3.8, 4) is 0 Å². The molecule has 3 aromatic rings. The number of aryl methyl sites for hydroxylation is 3. The van der Waals surface area contributed by atoms with Gasteiger partial charge in [0.2, 0.25) is 0 Å². The monoisotopic (exact) mass is 350 g/mol. The van der Waals surface area contributed by atoms with Crippen molar-refractivity contribution < 1.29 is 4.79 Å². The van der Waals surface area contributed by atoms with Crippen LogP contribution in [0.1, 0.15) is 34.0 Å². The lowest BCUT2D eigenvalue weighted by Crippen LogP contribution is -2.21. The van der Waals surface area contributed by atoms with Crippen molar-refractivity contribution in [1.29, 1.82) is 0 Å². The van der Waals surface area contributed by atoms with Gasteiger partial charge in [0.15, 0.2) is 0 Å². The summed E-state index contributed by atoms with van der Waals surface area (Å²) in [5.74, 6) is -0.0127. The van der Waals surface area contributed by atoms with Crippen LogP contribution in [0.25, 0.3) is 11.0 Å². The first-order valence-electron chi connectivity index (χ1n) is 8.90. The molecule has 0 saturated heterocycles. The van der Waals surface area contributed by atoms with Crippen LogP contribution in [0, 0.1) is 6.92 Å². The van der Waals surface area contributed by atoms with E-state index in [0.717, 1.165) is 23.1 Å². The summed E-state index contributed by atoms with van der Waals surface area (Å²) in [6, 6.07) is 10.2. The smallest absolute Gasteiger partial charge is 0.253 e. The summed E-state index contributed by atoms with van der Waals surface area (Å²) >= 11 is 0. The molecule has 3 rings (SSSR count). The highest BCUT2D eigenvalue weighted by molar-refractivity contribution is 6.01. The Bertz CT molecular complexity index is 956. The van der Waals surface area contributed by atoms with E-state index in [1.54, 1.807) is 25.3 Å². The topological polar surface area (TPSA) is 50.2 Å². The van der Waals surface area contributed by atoms with Crippen molar-refractivity contribution in [3.05, 3.63) is 58.9 Å². The van der Waals surface area contributed by atoms with E-state index in [1.165, 1.54) is 16.7 Å². The summed E-state index contributed by atoms with van der Waals surface area (Å²) in [4.78, 5) is 18.6. The molecule has 0 bridgehead atoms. The number of nitrogens with zero attached hydrogens (tertiary/aromatic N) is 3. The van der Waals surface area contributed by atoms with Crippen LogP contribution in [0.15, 0.2) is 36.7 Å². The number of rotatable bonds is 5. The molecule has 136 valence electrons. The molecule has 0 saturated carbocycles. The number of carbonyl (C=O) groups excluding carboxylic acids is 1. The van der Waals surface area contributed by atoms with E-state index in [9.17, 15) is 4.79 Å². The zero-order valence-corrected chi connectivity index (χ0v) is 16.1. The van der Waals surface area contributed by atoms with Crippen molar-refractivity contribution in [2.75, 3.05) is 19.4 Å². The van der Waals surface area contributed by atoms with Gasteiger partial charge in [-0.1, -0.05) is 25.1 Å². The van der Waals surface area contributed by atoms with E-state index in [1.807, 2.05) is 23.7 Å². The van der Waals surface area contributed by atoms with E-state index in [2.05, 4.69) is 42.3 Å². The number of imidazole rings is 1. The van der Waals surface area contributed by atoms with Gasteiger partial charge in [0.1, 0.15) is 5.52 Å². The van der Waals surface area contributed by atoms with Gasteiger partial charge in [-0.25, -0.2) is 4.98 Å². The SMILES string of the molecule is CCc1cccc(C)c1CNc1cc(C(=O)N(C)C)cc2c1ncn2C. The third-order valence-corrected chi connectivity index (χ3v) is 4.83. The van der Waals surface area contributed by atoms with Crippen LogP contribution >= 0.6 is 0 Å². The molecule has 0 aliphatic heterocycles. The van der Waals surface area contributed by atoms with Gasteiger partial charge < -0.3 is 14.8 Å². The molecule has 5 heteroatoms. The maximum atomic E-state index is 12.5. The third kappa shape index (κ3) is 3.29. The number of aromatic nitrogens is 2. The average molecular weight is 350 g/mol. The zero-order valence-electron chi connectivity index (χ0n) is 16.1. The maximum Gasteiger partial charge on any atom is 0.253 e. The highest BCUT2D eigenvalue weighted by atomic mass is 16.2. The first-order chi connectivity index (χ1) is 12.4. The number of carbonyl (C=O) groups is 1. The minimum absolute atomic E-state index is 0.0127. The Morgan fingerprint density at radius 1 is 1.27 bits per heavy atom. The van der Waals surface area contributed by atoms with Crippen LogP contribution in [0.2, 0.25) is 0 Å². The third-order valence-electron chi connectivity index (χ3n) is 4.83. The average Bonchev–Trinajstić information content (AvgIpc) is 3.00. The summed E-state index contributed by atoms with van der Waals surface area (Å²) in [5.41, 5.74) is 7.30. The fraction of sp³-hybridized carbons (Fsp3) is 0.333. The standard InChI is InChI=1S/C21H26N4O/c1-6-15-9-7-8-14(2)17(15)12-22-18-10-16(21(26)24(3)4)11-19-20(18)23-13-25(19)5/h7-11,13,22H,6,12H2,1-5H3. The minimum Gasteiger partial charge on any atom is -0.379 e. The second-order valence-corrected chi connectivity index (χ2v) is 6.87. The van der Waals surface area contributed by atoms with Crippen molar-refractivity contribution in [3.63, 3.8) is 0 Å². The van der Waals surface area contributed by atoms with Crippen molar-refractivity contribution in [2.45, 2.75) is 26.8 Å². The molecule has 5 nitrogen and oxygen atoms in total. The van der Waals surface area contributed by atoms with Gasteiger partial charge in [0, 0.05) is 33.3 Å². The minimum atomic E-state index is -0.0127. The molecule has 0 aliphatic rings. The number of benzene rings is 2. The van der Waals surface area contributed by atoms with E-state index in [0.29, 0.717) is 12.1 Å². The first kappa shape index (κ1) is 18.0. The molecule has 1 N–H and O–H groups in total. The molecule has 1 aromatic heterocycles. The van der Waals surface area contributed by atoms with Crippen LogP contribution in [0.4, 0.5) is 5.69 Å². The van der Waals surface area contributed by atoms with E-state index in [-0.39, 0.29) is 5.91 Å². The summed E-state index contributed by atoms with van der Waals surface area (Å²) in [6.45, 7) is 5.02. The number of hydrogen-bond acceptors (Lipinski definition) is 3. The van der Waals surface area contributed by atoms with Crippen molar-refractivity contribution in [2.24, 2.45) is 7.05 Å². The Morgan fingerprint density at radius 3 is 2.73 bits per heavy atom. The van der Waals surface area contributed by atoms with Gasteiger partial charge >= 0.3 is 0 Å². The number of fused-ring (bicyclic) bond motifs is 1. The highest BCUT2D eigenvalue weighted by Gasteiger charge is 2.15. The molecule has 1 heterocycles. The Labute approximate surface area is 154 Å². The lowest BCUT2D eigenvalue weighted by atomic mass is 10.00. The summed E-state index contributed by atoms with van der Waals surface area (Å²) in [6.07, 6.45) is 2.78. The number of hydrogen-bond donors (Lipinski definition) is 1. The quantitative estimate of drug-likeness (QED) is 0.762. The number of anilines is 1. The highest BCUT2D eigenvalue weighted by Crippen LogP contribution is 2.26. The summed E-state index contributed by atoms with van der Waals surface area (Å²) in [5, 5.41) is 3.52. The Hall–Kier alpha value is -2.82. The van der Waals surface area contributed by atoms with Crippen molar-refractivity contribution >= 4 is 22.6 Å². The fourth-order valence-corrected chi connectivity index (χ4v) is 3.28. The summed E-state index contributed by atoms with van der Waals surface area (Å²) < 4.78 is 1.94. The molecule has 2 aromatic carbocycles. The van der Waals surface area contributed by atoms with Crippen LogP contribution in [0.5, 0.6) is 0 Å². The van der Waals surface area contributed by atoms with E-state index < -0.39 is 0 Å². The van der Waals surface area contributed by atoms with Gasteiger partial charge in [-0.15, -0.1) is 0 Å². The first-order valence-corrected chi connectivity index (χ1v) is 8.90. The Morgan fingerprint density at radius 2 is 2.04 bits per heavy atom. The van der Waals surface area contributed by atoms with Gasteiger partial charge in [-0.2, -0.15) is 0 Å². The van der Waals surface area contributed by atoms with E-state index in [4.69, 9.17) is 0 Å². The normalized spacial score (nSPS) is 11.0. The molecule has 1 amide bonds. The lowest BCUT2D eigenvalue weighted by molar-refractivity contribution is 0.0828. The molecular weight excluding hydrogens is 324 g/mol. The molecule has 0 atom stereocenters. The van der Waals surface area contributed by atoms with Crippen LogP contribution in [-0.4, -0.2) is 34.5 Å². The fourth-order valence-electron chi connectivity index (χ4n) is 3.28.